The molecule has 0 rings (SSSR count). The fourth-order valence-electron chi connectivity index (χ4n) is 1.75. The van der Waals surface area contributed by atoms with E-state index in [1.165, 1.54) is 13.8 Å². The van der Waals surface area contributed by atoms with Crippen molar-refractivity contribution < 1.29 is 37.0 Å². The van der Waals surface area contributed by atoms with Crippen molar-refractivity contribution in [1.82, 2.24) is 10.2 Å². The van der Waals surface area contributed by atoms with E-state index in [1.807, 2.05) is 5.32 Å². The zero-order chi connectivity index (χ0) is 19.8. The molecule has 0 fully saturated rings. The van der Waals surface area contributed by atoms with Crippen LogP contribution in [0.15, 0.2) is 0 Å². The molecule has 0 radical (unpaired) electrons. The first kappa shape index (κ1) is 23.2. The summed E-state index contributed by atoms with van der Waals surface area (Å²) in [6, 6.07) is -1.15. The number of urea groups is 1. The first-order chi connectivity index (χ1) is 11.3. The first-order valence-corrected chi connectivity index (χ1v) is 7.80. The number of imide groups is 1. The summed E-state index contributed by atoms with van der Waals surface area (Å²) in [6.07, 6.45) is -7.77. The lowest BCUT2D eigenvalue weighted by Gasteiger charge is -2.26. The van der Waals surface area contributed by atoms with Gasteiger partial charge in [0.1, 0.15) is 18.4 Å². The van der Waals surface area contributed by atoms with E-state index in [0.717, 1.165) is 0 Å². The standard InChI is InChI=1S/C15H25F3N2O5/c1-6-11(21)20(9-12(22)25-14(3,4)5)13(23)19-10(24-7-2)8-15(16,17)18/h10H,6-9H2,1-5H3,(H,19,23). The Kier molecular flexibility index (Phi) is 8.89. The summed E-state index contributed by atoms with van der Waals surface area (Å²) in [5.74, 6) is -1.58. The molecule has 0 spiro atoms. The van der Waals surface area contributed by atoms with Gasteiger partial charge in [-0.15, -0.1) is 0 Å². The molecule has 0 aliphatic carbocycles. The Morgan fingerprint density at radius 1 is 1.12 bits per heavy atom. The number of hydrogen-bond donors (Lipinski definition) is 1. The molecule has 3 amide bonds. The van der Waals surface area contributed by atoms with E-state index in [9.17, 15) is 27.6 Å². The molecule has 7 nitrogen and oxygen atoms in total. The van der Waals surface area contributed by atoms with Crippen molar-refractivity contribution in [2.24, 2.45) is 0 Å². The van der Waals surface area contributed by atoms with Crippen molar-refractivity contribution in [2.45, 2.75) is 65.5 Å². The average molecular weight is 370 g/mol. The number of nitrogens with zero attached hydrogens (tertiary/aromatic N) is 1. The summed E-state index contributed by atoms with van der Waals surface area (Å²) in [4.78, 5) is 36.4. The largest absolute Gasteiger partial charge is 0.459 e. The zero-order valence-electron chi connectivity index (χ0n) is 15.0. The summed E-state index contributed by atoms with van der Waals surface area (Å²) >= 11 is 0. The predicted molar refractivity (Wildman–Crippen MR) is 82.5 cm³/mol. The monoisotopic (exact) mass is 370 g/mol. The van der Waals surface area contributed by atoms with Gasteiger partial charge in [0.05, 0.1) is 6.42 Å². The van der Waals surface area contributed by atoms with Gasteiger partial charge in [-0.25, -0.2) is 4.79 Å². The van der Waals surface area contributed by atoms with Crippen LogP contribution >= 0.6 is 0 Å². The highest BCUT2D eigenvalue weighted by molar-refractivity contribution is 5.97. The summed E-state index contributed by atoms with van der Waals surface area (Å²) in [6.45, 7) is 6.94. The minimum absolute atomic E-state index is 0.0746. The Morgan fingerprint density at radius 3 is 2.08 bits per heavy atom. The summed E-state index contributed by atoms with van der Waals surface area (Å²) in [5.41, 5.74) is -0.835. The maximum atomic E-state index is 12.5. The van der Waals surface area contributed by atoms with Crippen LogP contribution in [0, 0.1) is 0 Å². The highest BCUT2D eigenvalue weighted by atomic mass is 19.4. The summed E-state index contributed by atoms with van der Waals surface area (Å²) in [7, 11) is 0. The summed E-state index contributed by atoms with van der Waals surface area (Å²) in [5, 5.41) is 1.97. The fraction of sp³-hybridized carbons (Fsp3) is 0.800. The number of ether oxygens (including phenoxy) is 2. The first-order valence-electron chi connectivity index (χ1n) is 7.80. The van der Waals surface area contributed by atoms with Gasteiger partial charge in [-0.2, -0.15) is 13.2 Å². The zero-order valence-corrected chi connectivity index (χ0v) is 15.0. The second-order valence-electron chi connectivity index (χ2n) is 6.13. The molecule has 0 aromatic rings. The molecular formula is C15H25F3N2O5. The van der Waals surface area contributed by atoms with Crippen LogP contribution in [-0.4, -0.2) is 54.0 Å². The number of hydrogen-bond acceptors (Lipinski definition) is 5. The van der Waals surface area contributed by atoms with Gasteiger partial charge >= 0.3 is 18.2 Å². The maximum Gasteiger partial charge on any atom is 0.393 e. The molecule has 146 valence electrons. The van der Waals surface area contributed by atoms with Crippen LogP contribution in [0.2, 0.25) is 0 Å². The Bertz CT molecular complexity index is 475. The van der Waals surface area contributed by atoms with Crippen LogP contribution in [0.4, 0.5) is 18.0 Å². The van der Waals surface area contributed by atoms with E-state index in [-0.39, 0.29) is 13.0 Å². The van der Waals surface area contributed by atoms with E-state index in [2.05, 4.69) is 0 Å². The highest BCUT2D eigenvalue weighted by Gasteiger charge is 2.35. The van der Waals surface area contributed by atoms with Gasteiger partial charge in [0, 0.05) is 13.0 Å². The number of rotatable bonds is 7. The van der Waals surface area contributed by atoms with Gasteiger partial charge in [-0.3, -0.25) is 14.5 Å². The second kappa shape index (κ2) is 9.59. The number of esters is 1. The van der Waals surface area contributed by atoms with Crippen molar-refractivity contribution in [3.63, 3.8) is 0 Å². The highest BCUT2D eigenvalue weighted by Crippen LogP contribution is 2.22. The number of carbonyl (C=O) groups excluding carboxylic acids is 3. The lowest BCUT2D eigenvalue weighted by molar-refractivity contribution is -0.164. The Labute approximate surface area is 144 Å². The van der Waals surface area contributed by atoms with E-state index >= 15 is 0 Å². The number of alkyl halides is 3. The molecule has 25 heavy (non-hydrogen) atoms. The van der Waals surface area contributed by atoms with E-state index in [4.69, 9.17) is 9.47 Å². The van der Waals surface area contributed by atoms with Crippen LogP contribution in [0.25, 0.3) is 0 Å². The van der Waals surface area contributed by atoms with Gasteiger partial charge < -0.3 is 14.8 Å². The van der Waals surface area contributed by atoms with Gasteiger partial charge in [0.25, 0.3) is 0 Å². The van der Waals surface area contributed by atoms with Crippen LogP contribution < -0.4 is 5.32 Å². The van der Waals surface area contributed by atoms with Crippen LogP contribution in [0.5, 0.6) is 0 Å². The van der Waals surface area contributed by atoms with Crippen LogP contribution in [-0.2, 0) is 19.1 Å². The Morgan fingerprint density at radius 2 is 1.68 bits per heavy atom. The quantitative estimate of drug-likeness (QED) is 0.550. The topological polar surface area (TPSA) is 84.9 Å². The van der Waals surface area contributed by atoms with E-state index in [1.54, 1.807) is 20.8 Å². The third-order valence-corrected chi connectivity index (χ3v) is 2.63. The molecule has 0 saturated heterocycles. The smallest absolute Gasteiger partial charge is 0.393 e. The molecule has 10 heteroatoms. The van der Waals surface area contributed by atoms with E-state index < -0.39 is 48.9 Å². The predicted octanol–water partition coefficient (Wildman–Crippen LogP) is 2.59. The molecule has 0 saturated carbocycles. The fourth-order valence-corrected chi connectivity index (χ4v) is 1.75. The number of halogens is 3. The molecule has 0 aromatic carbocycles. The van der Waals surface area contributed by atoms with Crippen molar-refractivity contribution in [2.75, 3.05) is 13.2 Å². The van der Waals surface area contributed by atoms with Crippen molar-refractivity contribution in [1.29, 1.82) is 0 Å². The second-order valence-corrected chi connectivity index (χ2v) is 6.13. The molecule has 0 aliphatic rings. The number of nitrogens with one attached hydrogen (secondary N) is 1. The van der Waals surface area contributed by atoms with Crippen molar-refractivity contribution in [3.05, 3.63) is 0 Å². The lowest BCUT2D eigenvalue weighted by Crippen LogP contribution is -2.51. The van der Waals surface area contributed by atoms with Gasteiger partial charge in [0.2, 0.25) is 5.91 Å². The van der Waals surface area contributed by atoms with Gasteiger partial charge in [-0.05, 0) is 27.7 Å². The number of amides is 3. The minimum atomic E-state index is -4.57. The van der Waals surface area contributed by atoms with E-state index in [0.29, 0.717) is 4.90 Å². The molecular weight excluding hydrogens is 345 g/mol. The summed E-state index contributed by atoms with van der Waals surface area (Å²) < 4.78 is 47.4. The SMILES string of the molecule is CCOC(CC(F)(F)F)NC(=O)N(CC(=O)OC(C)(C)C)C(=O)CC. The van der Waals surface area contributed by atoms with Gasteiger partial charge in [-0.1, -0.05) is 6.92 Å². The van der Waals surface area contributed by atoms with Gasteiger partial charge in [0.15, 0.2) is 0 Å². The maximum absolute atomic E-state index is 12.5. The van der Waals surface area contributed by atoms with Crippen molar-refractivity contribution in [3.8, 4) is 0 Å². The third kappa shape index (κ3) is 10.6. The van der Waals surface area contributed by atoms with Crippen LogP contribution in [0.1, 0.15) is 47.5 Å². The lowest BCUT2D eigenvalue weighted by atomic mass is 10.2. The minimum Gasteiger partial charge on any atom is -0.459 e. The molecule has 1 unspecified atom stereocenters. The Hall–Kier alpha value is -1.84. The Balaban J connectivity index is 5.09. The van der Waals surface area contributed by atoms with Crippen molar-refractivity contribution >= 4 is 17.9 Å². The third-order valence-electron chi connectivity index (χ3n) is 2.63. The molecule has 0 bridgehead atoms. The molecule has 1 N–H and O–H groups in total. The molecule has 0 aliphatic heterocycles. The molecule has 1 atom stereocenters. The molecule has 0 heterocycles. The average Bonchev–Trinajstić information content (AvgIpc) is 2.40. The number of carbonyl (C=O) groups is 3. The molecule has 0 aromatic heterocycles. The normalized spacial score (nSPS) is 13.1. The van der Waals surface area contributed by atoms with Crippen LogP contribution in [0.3, 0.4) is 0 Å².